The van der Waals surface area contributed by atoms with E-state index in [1.807, 2.05) is 24.3 Å². The van der Waals surface area contributed by atoms with Crippen molar-refractivity contribution in [3.05, 3.63) is 64.2 Å². The summed E-state index contributed by atoms with van der Waals surface area (Å²) in [5.74, 6) is -2.52. The van der Waals surface area contributed by atoms with Gasteiger partial charge < -0.3 is 10.2 Å². The number of nitro benzene ring substituents is 1. The van der Waals surface area contributed by atoms with E-state index in [9.17, 15) is 24.5 Å². The van der Waals surface area contributed by atoms with Gasteiger partial charge in [-0.2, -0.15) is 0 Å². The van der Waals surface area contributed by atoms with Crippen LogP contribution in [0.4, 0.5) is 17.1 Å². The fraction of sp³-hybridized carbons (Fsp3) is 0.318. The second kappa shape index (κ2) is 5.98. The molecule has 156 valence electrons. The molecule has 9 heteroatoms. The highest BCUT2D eigenvalue weighted by Gasteiger charge is 2.78. The summed E-state index contributed by atoms with van der Waals surface area (Å²) in [6, 6.07) is 12.8. The van der Waals surface area contributed by atoms with Crippen molar-refractivity contribution in [1.82, 2.24) is 0 Å². The van der Waals surface area contributed by atoms with Crippen molar-refractivity contribution in [3.8, 4) is 0 Å². The van der Waals surface area contributed by atoms with Crippen molar-refractivity contribution >= 4 is 34.8 Å². The number of nitro groups is 1. The number of benzene rings is 2. The third-order valence-corrected chi connectivity index (χ3v) is 7.42. The first-order valence-corrected chi connectivity index (χ1v) is 10.4. The molecule has 5 atom stereocenters. The number of para-hydroxylation sites is 1. The largest absolute Gasteiger partial charge is 0.320 e. The Kier molecular flexibility index (Phi) is 3.51. The predicted molar refractivity (Wildman–Crippen MR) is 108 cm³/mol. The number of anilines is 2. The lowest BCUT2D eigenvalue weighted by Crippen LogP contribution is -3.19. The Balaban J connectivity index is 1.53. The summed E-state index contributed by atoms with van der Waals surface area (Å²) in [4.78, 5) is 53.5. The number of hydrogen-bond donors (Lipinski definition) is 2. The molecule has 1 spiro atoms. The summed E-state index contributed by atoms with van der Waals surface area (Å²) in [6.07, 6.45) is 1.63. The molecule has 4 aliphatic heterocycles. The molecule has 0 saturated carbocycles. The van der Waals surface area contributed by atoms with Gasteiger partial charge in [0.25, 0.3) is 11.6 Å². The van der Waals surface area contributed by atoms with E-state index in [-0.39, 0.29) is 29.2 Å². The zero-order chi connectivity index (χ0) is 21.5. The summed E-state index contributed by atoms with van der Waals surface area (Å²) in [5.41, 5.74) is 0.281. The van der Waals surface area contributed by atoms with Gasteiger partial charge in [0, 0.05) is 30.5 Å². The second-order valence-corrected chi connectivity index (χ2v) is 8.62. The average molecular weight is 419 g/mol. The molecular formula is C22H19N4O5+. The molecule has 6 rings (SSSR count). The zero-order valence-electron chi connectivity index (χ0n) is 16.4. The van der Waals surface area contributed by atoms with Crippen LogP contribution in [0.3, 0.4) is 0 Å². The average Bonchev–Trinajstić information content (AvgIpc) is 3.46. The number of nitrogens with one attached hydrogen (secondary N) is 2. The van der Waals surface area contributed by atoms with Crippen molar-refractivity contribution in [3.63, 3.8) is 0 Å². The summed E-state index contributed by atoms with van der Waals surface area (Å²) in [7, 11) is 0. The molecule has 4 aliphatic rings. The SMILES string of the molecule is O=C1[C@@H]2[C@H]3CCC[NH+]3[C@]3(C(=O)Nc4ccccc43)[C@@H]2C(=O)N1c1cccc([N+](=O)[O-])c1. The third-order valence-electron chi connectivity index (χ3n) is 7.42. The number of fused-ring (bicyclic) bond motifs is 7. The molecule has 9 nitrogen and oxygen atoms in total. The molecule has 2 aromatic rings. The number of carbonyl (C=O) groups is 3. The summed E-state index contributed by atoms with van der Waals surface area (Å²) in [5, 5.41) is 14.2. The van der Waals surface area contributed by atoms with Crippen LogP contribution in [0.15, 0.2) is 48.5 Å². The number of hydrogen-bond acceptors (Lipinski definition) is 5. The Morgan fingerprint density at radius 3 is 2.71 bits per heavy atom. The molecule has 1 unspecified atom stereocenters. The molecule has 0 aliphatic carbocycles. The number of amides is 3. The Labute approximate surface area is 176 Å². The molecule has 3 fully saturated rings. The van der Waals surface area contributed by atoms with Crippen molar-refractivity contribution in [2.45, 2.75) is 24.4 Å². The first-order valence-electron chi connectivity index (χ1n) is 10.4. The molecule has 3 saturated heterocycles. The van der Waals surface area contributed by atoms with Crippen LogP contribution in [0, 0.1) is 22.0 Å². The lowest BCUT2D eigenvalue weighted by molar-refractivity contribution is -0.948. The predicted octanol–water partition coefficient (Wildman–Crippen LogP) is 0.609. The van der Waals surface area contributed by atoms with Gasteiger partial charge in [0.1, 0.15) is 17.9 Å². The Bertz CT molecular complexity index is 1200. The van der Waals surface area contributed by atoms with E-state index in [1.54, 1.807) is 0 Å². The molecule has 31 heavy (non-hydrogen) atoms. The van der Waals surface area contributed by atoms with Gasteiger partial charge in [-0.25, -0.2) is 4.90 Å². The molecule has 3 amide bonds. The lowest BCUT2D eigenvalue weighted by Gasteiger charge is -2.33. The molecular weight excluding hydrogens is 400 g/mol. The van der Waals surface area contributed by atoms with Gasteiger partial charge in [-0.05, 0) is 12.1 Å². The van der Waals surface area contributed by atoms with E-state index in [2.05, 4.69) is 5.32 Å². The van der Waals surface area contributed by atoms with Gasteiger partial charge in [0.05, 0.1) is 22.8 Å². The summed E-state index contributed by atoms with van der Waals surface area (Å²) in [6.45, 7) is 0.719. The van der Waals surface area contributed by atoms with Gasteiger partial charge in [0.2, 0.25) is 17.4 Å². The first-order chi connectivity index (χ1) is 15.0. The molecule has 2 N–H and O–H groups in total. The van der Waals surface area contributed by atoms with Crippen LogP contribution in [0.1, 0.15) is 18.4 Å². The number of quaternary nitrogens is 1. The second-order valence-electron chi connectivity index (χ2n) is 8.62. The first kappa shape index (κ1) is 18.2. The quantitative estimate of drug-likeness (QED) is 0.421. The standard InChI is InChI=1S/C22H18N4O5/c27-19-17-16-9-4-10-24(16)22(14-7-1-2-8-15(14)23-21(22)29)18(17)20(28)25(19)12-5-3-6-13(11-12)26(30)31/h1-3,5-8,11,16-18H,4,9-10H2,(H,23,29)/p+1/t16-,17-,18+,22+/m1/s1. The topological polar surface area (TPSA) is 114 Å². The fourth-order valence-corrected chi connectivity index (χ4v) is 6.42. The highest BCUT2D eigenvalue weighted by atomic mass is 16.6. The van der Waals surface area contributed by atoms with Crippen LogP contribution in [0.2, 0.25) is 0 Å². The zero-order valence-corrected chi connectivity index (χ0v) is 16.4. The van der Waals surface area contributed by atoms with Crippen LogP contribution in [-0.2, 0) is 19.9 Å². The maximum Gasteiger partial charge on any atom is 0.291 e. The number of rotatable bonds is 2. The van der Waals surface area contributed by atoms with Gasteiger partial charge in [-0.15, -0.1) is 0 Å². The summed E-state index contributed by atoms with van der Waals surface area (Å²) < 4.78 is 0. The van der Waals surface area contributed by atoms with Gasteiger partial charge in [0.15, 0.2) is 0 Å². The van der Waals surface area contributed by atoms with E-state index in [1.165, 1.54) is 24.3 Å². The maximum atomic E-state index is 13.8. The van der Waals surface area contributed by atoms with Crippen LogP contribution < -0.4 is 15.1 Å². The van der Waals surface area contributed by atoms with Gasteiger partial charge >= 0.3 is 0 Å². The third kappa shape index (κ3) is 2.06. The monoisotopic (exact) mass is 419 g/mol. The minimum absolute atomic E-state index is 0.137. The number of carbonyl (C=O) groups excluding carboxylic acids is 3. The van der Waals surface area contributed by atoms with E-state index >= 15 is 0 Å². The highest BCUT2D eigenvalue weighted by Crippen LogP contribution is 2.52. The molecule has 0 bridgehead atoms. The number of non-ortho nitro benzene ring substituents is 1. The summed E-state index contributed by atoms with van der Waals surface area (Å²) >= 11 is 0. The molecule has 0 aromatic heterocycles. The fourth-order valence-electron chi connectivity index (χ4n) is 6.42. The van der Waals surface area contributed by atoms with Crippen molar-refractivity contribution in [2.24, 2.45) is 11.8 Å². The minimum Gasteiger partial charge on any atom is -0.320 e. The van der Waals surface area contributed by atoms with Crippen LogP contribution in [0.25, 0.3) is 0 Å². The number of nitrogens with zero attached hydrogens (tertiary/aromatic N) is 2. The van der Waals surface area contributed by atoms with Gasteiger partial charge in [-0.1, -0.05) is 24.3 Å². The van der Waals surface area contributed by atoms with Crippen LogP contribution >= 0.6 is 0 Å². The number of imide groups is 1. The van der Waals surface area contributed by atoms with Gasteiger partial charge in [-0.3, -0.25) is 24.5 Å². The molecule has 4 heterocycles. The Morgan fingerprint density at radius 2 is 1.90 bits per heavy atom. The van der Waals surface area contributed by atoms with E-state index in [0.717, 1.165) is 34.7 Å². The molecule has 0 radical (unpaired) electrons. The highest BCUT2D eigenvalue weighted by molar-refractivity contribution is 6.25. The van der Waals surface area contributed by atoms with E-state index in [0.29, 0.717) is 5.69 Å². The normalized spacial score (nSPS) is 32.9. The minimum atomic E-state index is -1.15. The van der Waals surface area contributed by atoms with E-state index < -0.39 is 28.2 Å². The Morgan fingerprint density at radius 1 is 1.10 bits per heavy atom. The van der Waals surface area contributed by atoms with Crippen molar-refractivity contribution in [2.75, 3.05) is 16.8 Å². The van der Waals surface area contributed by atoms with E-state index in [4.69, 9.17) is 0 Å². The van der Waals surface area contributed by atoms with Crippen molar-refractivity contribution in [1.29, 1.82) is 0 Å². The van der Waals surface area contributed by atoms with Crippen molar-refractivity contribution < 1.29 is 24.2 Å². The lowest BCUT2D eigenvalue weighted by atomic mass is 9.75. The Hall–Kier alpha value is -3.59. The maximum absolute atomic E-state index is 13.8. The van der Waals surface area contributed by atoms with Crippen LogP contribution in [-0.4, -0.2) is 35.2 Å². The molecule has 2 aromatic carbocycles. The smallest absolute Gasteiger partial charge is 0.291 e. The van der Waals surface area contributed by atoms with Crippen LogP contribution in [0.5, 0.6) is 0 Å².